The molecule has 0 aliphatic heterocycles. The highest BCUT2D eigenvalue weighted by atomic mass is 15.2. The van der Waals surface area contributed by atoms with Gasteiger partial charge in [0, 0.05) is 74.7 Å². The van der Waals surface area contributed by atoms with Crippen LogP contribution in [0, 0.1) is 27.7 Å². The van der Waals surface area contributed by atoms with Crippen molar-refractivity contribution >= 4 is 45.5 Å². The highest BCUT2D eigenvalue weighted by Crippen LogP contribution is 2.38. The third-order valence-electron chi connectivity index (χ3n) is 14.1. The Kier molecular flexibility index (Phi) is 15.9. The van der Waals surface area contributed by atoms with E-state index in [1.807, 2.05) is 0 Å². The molecule has 0 N–H and O–H groups in total. The Morgan fingerprint density at radius 2 is 0.773 bits per heavy atom. The van der Waals surface area contributed by atoms with E-state index in [9.17, 15) is 0 Å². The van der Waals surface area contributed by atoms with Crippen LogP contribution in [-0.2, 0) is 0 Å². The van der Waals surface area contributed by atoms with E-state index in [0.29, 0.717) is 6.42 Å². The standard InChI is InChI=1S/C71H68N4/c1-51(2)72(70-38-27-53(5)55(7)49-70)66-41-30-59(31-42-66)61-34-45-68(46-35-61)74(63-22-12-10-13-23-63)57(9)19-16-17-26-65(40-29-58-20-18-21-58)75(64-24-14-11-15-25-64)69-47-36-62(37-48-69)60-32-43-67(44-33-60)73(52(3)4)71-39-28-54(6)56(8)50-71/h10-20,22-25,27-50H,1,3,21,26H2,2,4-9H3/b17-16-,57-19-,58-29+,65-40-. The molecule has 0 unspecified atom stereocenters. The molecule has 1 aliphatic carbocycles. The van der Waals surface area contributed by atoms with Gasteiger partial charge >= 0.3 is 0 Å². The van der Waals surface area contributed by atoms with E-state index in [2.05, 4.69) is 318 Å². The number of aryl methyl sites for hydroxylation is 4. The number of para-hydroxylation sites is 2. The summed E-state index contributed by atoms with van der Waals surface area (Å²) in [5.41, 5.74) is 24.1. The zero-order valence-corrected chi connectivity index (χ0v) is 44.6. The minimum absolute atomic E-state index is 0.711. The Morgan fingerprint density at radius 1 is 0.413 bits per heavy atom. The first-order chi connectivity index (χ1) is 36.4. The van der Waals surface area contributed by atoms with Crippen molar-refractivity contribution in [1.29, 1.82) is 0 Å². The monoisotopic (exact) mass is 977 g/mol. The molecule has 0 radical (unpaired) electrons. The highest BCUT2D eigenvalue weighted by Gasteiger charge is 2.18. The summed E-state index contributed by atoms with van der Waals surface area (Å²) in [6, 6.07) is 69.9. The van der Waals surface area contributed by atoms with Gasteiger partial charge in [-0.25, -0.2) is 0 Å². The fraction of sp³-hybridized carbons (Fsp3) is 0.127. The maximum atomic E-state index is 4.32. The van der Waals surface area contributed by atoms with Gasteiger partial charge in [0.15, 0.2) is 0 Å². The molecule has 0 amide bonds. The number of nitrogens with zero attached hydrogens (tertiary/aromatic N) is 4. The van der Waals surface area contributed by atoms with Crippen LogP contribution in [0.2, 0.25) is 0 Å². The van der Waals surface area contributed by atoms with Crippen molar-refractivity contribution in [3.05, 3.63) is 300 Å². The molecule has 0 bridgehead atoms. The molecule has 75 heavy (non-hydrogen) atoms. The first kappa shape index (κ1) is 51.1. The lowest BCUT2D eigenvalue weighted by atomic mass is 10.0. The second-order valence-corrected chi connectivity index (χ2v) is 19.7. The van der Waals surface area contributed by atoms with Crippen LogP contribution in [0.15, 0.2) is 278 Å². The predicted molar refractivity (Wildman–Crippen MR) is 324 cm³/mol. The van der Waals surface area contributed by atoms with Crippen molar-refractivity contribution in [1.82, 2.24) is 0 Å². The molecule has 0 saturated heterocycles. The zero-order chi connectivity index (χ0) is 52.4. The largest absolute Gasteiger partial charge is 0.315 e. The number of hydrogen-bond donors (Lipinski definition) is 0. The predicted octanol–water partition coefficient (Wildman–Crippen LogP) is 20.2. The van der Waals surface area contributed by atoms with E-state index in [1.54, 1.807) is 0 Å². The van der Waals surface area contributed by atoms with Gasteiger partial charge in [0.05, 0.1) is 0 Å². The number of rotatable bonds is 18. The quantitative estimate of drug-likeness (QED) is 0.0794. The van der Waals surface area contributed by atoms with Crippen LogP contribution in [0.5, 0.6) is 0 Å². The van der Waals surface area contributed by atoms with Crippen LogP contribution in [0.1, 0.15) is 55.9 Å². The van der Waals surface area contributed by atoms with Crippen molar-refractivity contribution in [2.24, 2.45) is 0 Å². The number of anilines is 8. The summed E-state index contributed by atoms with van der Waals surface area (Å²) < 4.78 is 0. The number of benzene rings is 8. The maximum Gasteiger partial charge on any atom is 0.0460 e. The second kappa shape index (κ2) is 23.3. The lowest BCUT2D eigenvalue weighted by molar-refractivity contribution is 1.07. The van der Waals surface area contributed by atoms with Gasteiger partial charge in [-0.1, -0.05) is 141 Å². The molecule has 8 aromatic rings. The Hall–Kier alpha value is -8.86. The molecule has 0 spiro atoms. The van der Waals surface area contributed by atoms with Crippen molar-refractivity contribution in [2.45, 2.75) is 61.3 Å². The summed E-state index contributed by atoms with van der Waals surface area (Å²) in [5, 5.41) is 0. The van der Waals surface area contributed by atoms with Crippen molar-refractivity contribution in [2.75, 3.05) is 19.6 Å². The van der Waals surface area contributed by atoms with E-state index >= 15 is 0 Å². The topological polar surface area (TPSA) is 13.0 Å². The van der Waals surface area contributed by atoms with E-state index in [-0.39, 0.29) is 0 Å². The molecule has 0 fully saturated rings. The molecular weight excluding hydrogens is 909 g/mol. The van der Waals surface area contributed by atoms with Crippen LogP contribution in [0.4, 0.5) is 45.5 Å². The number of hydrogen-bond acceptors (Lipinski definition) is 4. The summed E-state index contributed by atoms with van der Waals surface area (Å²) >= 11 is 0. The minimum Gasteiger partial charge on any atom is -0.315 e. The molecule has 372 valence electrons. The van der Waals surface area contributed by atoms with Gasteiger partial charge in [-0.3, -0.25) is 0 Å². The van der Waals surface area contributed by atoms with Gasteiger partial charge in [-0.2, -0.15) is 0 Å². The zero-order valence-electron chi connectivity index (χ0n) is 44.6. The molecule has 0 heterocycles. The summed E-state index contributed by atoms with van der Waals surface area (Å²) in [6.07, 6.45) is 17.3. The average Bonchev–Trinajstić information content (AvgIpc) is 3.41. The molecular formula is C71H68N4. The lowest BCUT2D eigenvalue weighted by Crippen LogP contribution is -2.16. The van der Waals surface area contributed by atoms with Crippen LogP contribution in [-0.4, -0.2) is 0 Å². The van der Waals surface area contributed by atoms with Gasteiger partial charge in [0.2, 0.25) is 0 Å². The fourth-order valence-corrected chi connectivity index (χ4v) is 9.60. The molecule has 9 rings (SSSR count). The molecule has 0 saturated carbocycles. The highest BCUT2D eigenvalue weighted by molar-refractivity contribution is 5.78. The molecule has 0 atom stereocenters. The first-order valence-corrected chi connectivity index (χ1v) is 26.0. The second-order valence-electron chi connectivity index (χ2n) is 19.7. The van der Waals surface area contributed by atoms with Gasteiger partial charge in [0.25, 0.3) is 0 Å². The Labute approximate surface area is 446 Å². The SMILES string of the molecule is C=C(C)N(c1ccc(-c2ccc(N(/C(C)=C\C=C/C/C(=C/C=C3\C=CC3)N(c3ccccc3)c3ccc(-c4ccc(N(C(=C)C)c5ccc(C)c(C)c5)cc4)cc3)c3ccccc3)cc2)cc1)c1ccc(C)c(C)c1. The Morgan fingerprint density at radius 3 is 1.15 bits per heavy atom. The molecule has 8 aromatic carbocycles. The smallest absolute Gasteiger partial charge is 0.0460 e. The van der Waals surface area contributed by atoms with E-state index in [1.165, 1.54) is 33.5 Å². The van der Waals surface area contributed by atoms with Gasteiger partial charge in [-0.15, -0.1) is 0 Å². The van der Waals surface area contributed by atoms with E-state index in [0.717, 1.165) is 91.3 Å². The summed E-state index contributed by atoms with van der Waals surface area (Å²) in [6.45, 7) is 23.6. The fourth-order valence-electron chi connectivity index (χ4n) is 9.60. The lowest BCUT2D eigenvalue weighted by Gasteiger charge is -2.28. The van der Waals surface area contributed by atoms with Crippen LogP contribution >= 0.6 is 0 Å². The van der Waals surface area contributed by atoms with Crippen molar-refractivity contribution in [3.63, 3.8) is 0 Å². The van der Waals surface area contributed by atoms with Crippen LogP contribution < -0.4 is 19.6 Å². The van der Waals surface area contributed by atoms with Gasteiger partial charge in [-0.05, 0) is 214 Å². The average molecular weight is 977 g/mol. The van der Waals surface area contributed by atoms with Crippen LogP contribution in [0.3, 0.4) is 0 Å². The van der Waals surface area contributed by atoms with Crippen LogP contribution in [0.25, 0.3) is 22.3 Å². The summed E-state index contributed by atoms with van der Waals surface area (Å²) in [7, 11) is 0. The summed E-state index contributed by atoms with van der Waals surface area (Å²) in [4.78, 5) is 9.14. The number of allylic oxidation sites excluding steroid dienone is 11. The Balaban J connectivity index is 0.956. The maximum absolute atomic E-state index is 4.32. The van der Waals surface area contributed by atoms with E-state index in [4.69, 9.17) is 0 Å². The van der Waals surface area contributed by atoms with E-state index < -0.39 is 0 Å². The third-order valence-corrected chi connectivity index (χ3v) is 14.1. The molecule has 4 nitrogen and oxygen atoms in total. The minimum atomic E-state index is 0.711. The normalized spacial score (nSPS) is 12.9. The summed E-state index contributed by atoms with van der Waals surface area (Å²) in [5.74, 6) is 0. The Bertz CT molecular complexity index is 3450. The van der Waals surface area contributed by atoms with Gasteiger partial charge < -0.3 is 19.6 Å². The van der Waals surface area contributed by atoms with Gasteiger partial charge in [0.1, 0.15) is 0 Å². The molecule has 0 aromatic heterocycles. The third kappa shape index (κ3) is 12.0. The van der Waals surface area contributed by atoms with Crippen molar-refractivity contribution < 1.29 is 0 Å². The molecule has 4 heteroatoms. The first-order valence-electron chi connectivity index (χ1n) is 26.0. The van der Waals surface area contributed by atoms with Crippen molar-refractivity contribution in [3.8, 4) is 22.3 Å². The molecule has 1 aliphatic rings.